The quantitative estimate of drug-likeness (QED) is 0.877. The summed E-state index contributed by atoms with van der Waals surface area (Å²) in [4.78, 5) is 25.3. The molecule has 0 saturated carbocycles. The van der Waals surface area contributed by atoms with Gasteiger partial charge in [-0.25, -0.2) is 0 Å². The number of hydrogen-bond donors (Lipinski definition) is 2. The van der Waals surface area contributed by atoms with Gasteiger partial charge in [0.25, 0.3) is 0 Å². The van der Waals surface area contributed by atoms with E-state index < -0.39 is 0 Å². The number of aromatic amines is 1. The smallest absolute Gasteiger partial charge is 0.230 e. The molecule has 6 nitrogen and oxygen atoms in total. The maximum atomic E-state index is 12.2. The number of hydrogen-bond acceptors (Lipinski definition) is 3. The Morgan fingerprint density at radius 3 is 3.05 bits per heavy atom. The van der Waals surface area contributed by atoms with Crippen LogP contribution in [0, 0.1) is 5.92 Å². The van der Waals surface area contributed by atoms with Crippen LogP contribution in [0.15, 0.2) is 6.07 Å². The number of anilines is 1. The number of carbonyl (C=O) groups excluding carboxylic acids is 2. The minimum Gasteiger partial charge on any atom is -0.342 e. The third-order valence-electron chi connectivity index (χ3n) is 3.64. The van der Waals surface area contributed by atoms with Gasteiger partial charge in [-0.15, -0.1) is 0 Å². The summed E-state index contributed by atoms with van der Waals surface area (Å²) < 4.78 is 0. The summed E-state index contributed by atoms with van der Waals surface area (Å²) in [5.74, 6) is 0.412. The number of nitrogens with one attached hydrogen (secondary N) is 2. The van der Waals surface area contributed by atoms with Gasteiger partial charge in [0.2, 0.25) is 11.8 Å². The van der Waals surface area contributed by atoms with Crippen molar-refractivity contribution in [2.45, 2.75) is 39.5 Å². The first-order valence-electron chi connectivity index (χ1n) is 7.20. The number of likely N-dealkylation sites (tertiary alicyclic amines) is 1. The van der Waals surface area contributed by atoms with Crippen LogP contribution in [0.3, 0.4) is 0 Å². The van der Waals surface area contributed by atoms with Gasteiger partial charge < -0.3 is 10.2 Å². The molecule has 2 amide bonds. The molecule has 110 valence electrons. The van der Waals surface area contributed by atoms with Crippen LogP contribution in [0.4, 0.5) is 5.82 Å². The number of amides is 2. The van der Waals surface area contributed by atoms with Crippen LogP contribution in [0.25, 0.3) is 0 Å². The third kappa shape index (κ3) is 3.59. The Hall–Kier alpha value is -1.85. The van der Waals surface area contributed by atoms with Gasteiger partial charge in [-0.2, -0.15) is 5.10 Å². The highest BCUT2D eigenvalue weighted by Gasteiger charge is 2.27. The summed E-state index contributed by atoms with van der Waals surface area (Å²) in [6, 6.07) is 1.87. The molecule has 1 aliphatic rings. The fourth-order valence-corrected chi connectivity index (χ4v) is 2.53. The first kappa shape index (κ1) is 14.6. The van der Waals surface area contributed by atoms with Crippen molar-refractivity contribution in [1.82, 2.24) is 15.1 Å². The van der Waals surface area contributed by atoms with Crippen LogP contribution < -0.4 is 5.32 Å². The van der Waals surface area contributed by atoms with Crippen LogP contribution >= 0.6 is 0 Å². The standard InChI is InChI=1S/C14H22N4O2/c1-3-5-12-8-13(17-16-12)15-14(20)11-6-4-7-18(9-11)10(2)19/h8,11H,3-7,9H2,1-2H3,(H2,15,16,17,20). The summed E-state index contributed by atoms with van der Waals surface area (Å²) in [5, 5.41) is 9.83. The molecule has 0 radical (unpaired) electrons. The van der Waals surface area contributed by atoms with Crippen molar-refractivity contribution in [3.05, 3.63) is 11.8 Å². The molecule has 0 aliphatic carbocycles. The van der Waals surface area contributed by atoms with E-state index in [0.717, 1.165) is 37.9 Å². The summed E-state index contributed by atoms with van der Waals surface area (Å²) in [6.45, 7) is 4.90. The van der Waals surface area contributed by atoms with Gasteiger partial charge in [-0.1, -0.05) is 13.3 Å². The van der Waals surface area contributed by atoms with Crippen molar-refractivity contribution in [3.8, 4) is 0 Å². The van der Waals surface area contributed by atoms with Crippen LogP contribution in [-0.4, -0.2) is 40.0 Å². The molecule has 20 heavy (non-hydrogen) atoms. The summed E-state index contributed by atoms with van der Waals surface area (Å²) in [6.07, 6.45) is 3.65. The fraction of sp³-hybridized carbons (Fsp3) is 0.643. The molecule has 2 N–H and O–H groups in total. The molecule has 1 aromatic rings. The van der Waals surface area contributed by atoms with Crippen molar-refractivity contribution in [2.75, 3.05) is 18.4 Å². The van der Waals surface area contributed by atoms with Crippen molar-refractivity contribution in [1.29, 1.82) is 0 Å². The maximum Gasteiger partial charge on any atom is 0.230 e. The molecule has 1 aromatic heterocycles. The number of piperidine rings is 1. The monoisotopic (exact) mass is 278 g/mol. The Bertz CT molecular complexity index is 483. The van der Waals surface area contributed by atoms with E-state index in [0.29, 0.717) is 12.4 Å². The van der Waals surface area contributed by atoms with Crippen LogP contribution in [0.1, 0.15) is 38.8 Å². The van der Waals surface area contributed by atoms with E-state index in [2.05, 4.69) is 22.4 Å². The average molecular weight is 278 g/mol. The number of H-pyrrole nitrogens is 1. The Kier molecular flexibility index (Phi) is 4.76. The minimum atomic E-state index is -0.140. The highest BCUT2D eigenvalue weighted by molar-refractivity contribution is 5.92. The molecular weight excluding hydrogens is 256 g/mol. The highest BCUT2D eigenvalue weighted by atomic mass is 16.2. The van der Waals surface area contributed by atoms with E-state index in [9.17, 15) is 9.59 Å². The summed E-state index contributed by atoms with van der Waals surface area (Å²) in [5.41, 5.74) is 1.02. The van der Waals surface area contributed by atoms with E-state index in [-0.39, 0.29) is 17.7 Å². The number of aryl methyl sites for hydroxylation is 1. The van der Waals surface area contributed by atoms with Crippen molar-refractivity contribution in [3.63, 3.8) is 0 Å². The van der Waals surface area contributed by atoms with Crippen molar-refractivity contribution < 1.29 is 9.59 Å². The minimum absolute atomic E-state index is 0.0347. The SMILES string of the molecule is CCCc1cc(NC(=O)C2CCCN(C(C)=O)C2)n[nH]1. The molecule has 1 aliphatic heterocycles. The van der Waals surface area contributed by atoms with E-state index in [1.807, 2.05) is 6.07 Å². The predicted octanol–water partition coefficient (Wildman–Crippen LogP) is 1.56. The summed E-state index contributed by atoms with van der Waals surface area (Å²) >= 11 is 0. The molecule has 1 atom stereocenters. The van der Waals surface area contributed by atoms with E-state index in [1.54, 1.807) is 11.8 Å². The van der Waals surface area contributed by atoms with E-state index >= 15 is 0 Å². The molecule has 1 saturated heterocycles. The lowest BCUT2D eigenvalue weighted by Gasteiger charge is -2.31. The van der Waals surface area contributed by atoms with Crippen LogP contribution in [0.5, 0.6) is 0 Å². The Morgan fingerprint density at radius 1 is 1.55 bits per heavy atom. The number of aromatic nitrogens is 2. The molecule has 0 spiro atoms. The highest BCUT2D eigenvalue weighted by Crippen LogP contribution is 2.18. The summed E-state index contributed by atoms with van der Waals surface area (Å²) in [7, 11) is 0. The van der Waals surface area contributed by atoms with E-state index in [1.165, 1.54) is 0 Å². The Labute approximate surface area is 118 Å². The zero-order chi connectivity index (χ0) is 14.5. The van der Waals surface area contributed by atoms with Gasteiger partial charge in [0.05, 0.1) is 5.92 Å². The van der Waals surface area contributed by atoms with Gasteiger partial charge in [0, 0.05) is 31.8 Å². The Morgan fingerprint density at radius 2 is 2.35 bits per heavy atom. The second kappa shape index (κ2) is 6.54. The first-order chi connectivity index (χ1) is 9.60. The van der Waals surface area contributed by atoms with Crippen LogP contribution in [-0.2, 0) is 16.0 Å². The first-order valence-corrected chi connectivity index (χ1v) is 7.20. The number of rotatable bonds is 4. The lowest BCUT2D eigenvalue weighted by molar-refractivity contribution is -0.132. The average Bonchev–Trinajstić information content (AvgIpc) is 2.86. The molecule has 2 heterocycles. The fourth-order valence-electron chi connectivity index (χ4n) is 2.53. The Balaban J connectivity index is 1.91. The molecule has 0 aromatic carbocycles. The van der Waals surface area contributed by atoms with Crippen molar-refractivity contribution in [2.24, 2.45) is 5.92 Å². The van der Waals surface area contributed by atoms with Gasteiger partial charge in [-0.05, 0) is 19.3 Å². The molecular formula is C14H22N4O2. The van der Waals surface area contributed by atoms with Gasteiger partial charge in [0.1, 0.15) is 0 Å². The van der Waals surface area contributed by atoms with Crippen molar-refractivity contribution >= 4 is 17.6 Å². The van der Waals surface area contributed by atoms with E-state index in [4.69, 9.17) is 0 Å². The topological polar surface area (TPSA) is 78.1 Å². The lowest BCUT2D eigenvalue weighted by atomic mass is 9.97. The predicted molar refractivity (Wildman–Crippen MR) is 76.2 cm³/mol. The zero-order valence-corrected chi connectivity index (χ0v) is 12.1. The maximum absolute atomic E-state index is 12.2. The lowest BCUT2D eigenvalue weighted by Crippen LogP contribution is -2.42. The number of carbonyl (C=O) groups is 2. The molecule has 1 unspecified atom stereocenters. The molecule has 0 bridgehead atoms. The largest absolute Gasteiger partial charge is 0.342 e. The second-order valence-corrected chi connectivity index (χ2v) is 5.32. The van der Waals surface area contributed by atoms with Crippen LogP contribution in [0.2, 0.25) is 0 Å². The zero-order valence-electron chi connectivity index (χ0n) is 12.1. The third-order valence-corrected chi connectivity index (χ3v) is 3.64. The second-order valence-electron chi connectivity index (χ2n) is 5.32. The molecule has 6 heteroatoms. The van der Waals surface area contributed by atoms with Gasteiger partial charge in [-0.3, -0.25) is 14.7 Å². The molecule has 1 fully saturated rings. The molecule has 2 rings (SSSR count). The van der Waals surface area contributed by atoms with Gasteiger partial charge in [0.15, 0.2) is 5.82 Å². The normalized spacial score (nSPS) is 18.9. The number of nitrogens with zero attached hydrogens (tertiary/aromatic N) is 2. The van der Waals surface area contributed by atoms with Gasteiger partial charge >= 0.3 is 0 Å².